The number of ether oxygens (including phenoxy) is 3. The Kier molecular flexibility index (Phi) is 10.5. The van der Waals surface area contributed by atoms with Gasteiger partial charge >= 0.3 is 5.97 Å². The molecule has 1 atom stereocenters. The quantitative estimate of drug-likeness (QED) is 0.431. The van der Waals surface area contributed by atoms with Gasteiger partial charge in [0.1, 0.15) is 17.4 Å². The Morgan fingerprint density at radius 3 is 2.21 bits per heavy atom. The number of carboxylic acids is 1. The van der Waals surface area contributed by atoms with Crippen molar-refractivity contribution >= 4 is 11.9 Å². The number of carbonyl (C=O) groups excluding carboxylic acids is 1. The maximum Gasteiger partial charge on any atom is 0.326 e. The number of benzene rings is 1. The number of rotatable bonds is 13. The molecule has 0 saturated heterocycles. The van der Waals surface area contributed by atoms with E-state index in [4.69, 9.17) is 19.9 Å². The number of carbonyl (C=O) groups is 2. The number of amides is 1. The fourth-order valence-corrected chi connectivity index (χ4v) is 2.32. The summed E-state index contributed by atoms with van der Waals surface area (Å²) in [5.41, 5.74) is 5.78. The van der Waals surface area contributed by atoms with Gasteiger partial charge in [0.25, 0.3) is 0 Å². The molecule has 1 rings (SSSR count). The molecule has 0 spiro atoms. The van der Waals surface area contributed by atoms with E-state index >= 15 is 0 Å². The number of aliphatic carboxylic acids is 1. The van der Waals surface area contributed by atoms with E-state index in [1.54, 1.807) is 24.3 Å². The molecular formula is C20H32N2O6. The van der Waals surface area contributed by atoms with E-state index in [1.807, 2.05) is 20.8 Å². The number of hydrogen-bond acceptors (Lipinski definition) is 6. The third-order valence-electron chi connectivity index (χ3n) is 3.53. The van der Waals surface area contributed by atoms with Crippen molar-refractivity contribution in [2.24, 2.45) is 5.73 Å². The van der Waals surface area contributed by atoms with Gasteiger partial charge in [-0.2, -0.15) is 0 Å². The number of carboxylic acid groups (broad SMARTS) is 1. The highest BCUT2D eigenvalue weighted by Gasteiger charge is 2.20. The zero-order valence-corrected chi connectivity index (χ0v) is 16.9. The number of hydrogen-bond donors (Lipinski definition) is 3. The third-order valence-corrected chi connectivity index (χ3v) is 3.53. The molecule has 0 aliphatic carbocycles. The van der Waals surface area contributed by atoms with Gasteiger partial charge in [-0.1, -0.05) is 12.1 Å². The minimum Gasteiger partial charge on any atom is -0.488 e. The first-order chi connectivity index (χ1) is 13.2. The van der Waals surface area contributed by atoms with Crippen molar-refractivity contribution in [3.8, 4) is 5.75 Å². The van der Waals surface area contributed by atoms with Crippen LogP contribution >= 0.6 is 0 Å². The van der Waals surface area contributed by atoms with Crippen LogP contribution in [0.1, 0.15) is 32.8 Å². The second-order valence-electron chi connectivity index (χ2n) is 7.28. The van der Waals surface area contributed by atoms with E-state index in [2.05, 4.69) is 5.32 Å². The molecule has 0 aromatic heterocycles. The Morgan fingerprint density at radius 1 is 1.07 bits per heavy atom. The van der Waals surface area contributed by atoms with Crippen molar-refractivity contribution in [3.05, 3.63) is 29.8 Å². The minimum absolute atomic E-state index is 0.0824. The third kappa shape index (κ3) is 10.9. The molecule has 1 aromatic carbocycles. The number of nitrogens with one attached hydrogen (secondary N) is 1. The van der Waals surface area contributed by atoms with Gasteiger partial charge in [-0.05, 0) is 38.5 Å². The lowest BCUT2D eigenvalue weighted by molar-refractivity contribution is -0.142. The predicted octanol–water partition coefficient (Wildman–Crippen LogP) is 1.36. The SMILES string of the molecule is CC(C)(C)Oc1ccc(CC(NC(=O)CCOCCOCCN)C(=O)O)cc1. The summed E-state index contributed by atoms with van der Waals surface area (Å²) in [5, 5.41) is 11.9. The monoisotopic (exact) mass is 396 g/mol. The smallest absolute Gasteiger partial charge is 0.326 e. The van der Waals surface area contributed by atoms with Crippen LogP contribution in [-0.4, -0.2) is 61.6 Å². The summed E-state index contributed by atoms with van der Waals surface area (Å²) in [7, 11) is 0. The first kappa shape index (κ1) is 23.9. The fourth-order valence-electron chi connectivity index (χ4n) is 2.32. The predicted molar refractivity (Wildman–Crippen MR) is 105 cm³/mol. The summed E-state index contributed by atoms with van der Waals surface area (Å²) in [6.45, 7) is 7.74. The van der Waals surface area contributed by atoms with Crippen LogP contribution in [0.15, 0.2) is 24.3 Å². The van der Waals surface area contributed by atoms with Crippen LogP contribution in [0, 0.1) is 0 Å². The molecule has 158 valence electrons. The minimum atomic E-state index is -1.08. The van der Waals surface area contributed by atoms with E-state index in [1.165, 1.54) is 0 Å². The van der Waals surface area contributed by atoms with Crippen LogP contribution in [0.2, 0.25) is 0 Å². The lowest BCUT2D eigenvalue weighted by atomic mass is 10.1. The second kappa shape index (κ2) is 12.3. The van der Waals surface area contributed by atoms with E-state index < -0.39 is 12.0 Å². The number of nitrogens with two attached hydrogens (primary N) is 1. The van der Waals surface area contributed by atoms with Crippen molar-refractivity contribution in [2.45, 2.75) is 45.3 Å². The summed E-state index contributed by atoms with van der Waals surface area (Å²) in [6, 6.07) is 6.18. The Balaban J connectivity index is 2.42. The first-order valence-corrected chi connectivity index (χ1v) is 9.37. The molecule has 0 heterocycles. The molecule has 0 radical (unpaired) electrons. The highest BCUT2D eigenvalue weighted by atomic mass is 16.5. The second-order valence-corrected chi connectivity index (χ2v) is 7.28. The van der Waals surface area contributed by atoms with E-state index in [0.29, 0.717) is 32.1 Å². The Bertz CT molecular complexity index is 598. The van der Waals surface area contributed by atoms with Gasteiger partial charge in [-0.3, -0.25) is 4.79 Å². The standard InChI is InChI=1S/C20H32N2O6/c1-20(2,3)28-16-6-4-15(5-7-16)14-17(19(24)25)22-18(23)8-10-26-12-13-27-11-9-21/h4-7,17H,8-14,21H2,1-3H3,(H,22,23)(H,24,25). The highest BCUT2D eigenvalue weighted by Crippen LogP contribution is 2.19. The van der Waals surface area contributed by atoms with Gasteiger partial charge < -0.3 is 30.4 Å². The molecule has 0 aliphatic heterocycles. The Morgan fingerprint density at radius 2 is 1.68 bits per heavy atom. The summed E-state index contributed by atoms with van der Waals surface area (Å²) in [5.74, 6) is -0.748. The lowest BCUT2D eigenvalue weighted by Gasteiger charge is -2.21. The van der Waals surface area contributed by atoms with Crippen LogP contribution in [0.3, 0.4) is 0 Å². The largest absolute Gasteiger partial charge is 0.488 e. The summed E-state index contributed by atoms with van der Waals surface area (Å²) < 4.78 is 16.2. The van der Waals surface area contributed by atoms with Crippen LogP contribution in [0.4, 0.5) is 0 Å². The van der Waals surface area contributed by atoms with Gasteiger partial charge in [0, 0.05) is 19.4 Å². The first-order valence-electron chi connectivity index (χ1n) is 9.37. The summed E-state index contributed by atoms with van der Waals surface area (Å²) in [4.78, 5) is 23.4. The molecule has 1 aromatic rings. The zero-order valence-electron chi connectivity index (χ0n) is 16.9. The normalized spacial score (nSPS) is 12.4. The van der Waals surface area contributed by atoms with E-state index in [9.17, 15) is 14.7 Å². The maximum absolute atomic E-state index is 12.0. The van der Waals surface area contributed by atoms with Crippen molar-refractivity contribution < 1.29 is 28.9 Å². The molecule has 28 heavy (non-hydrogen) atoms. The topological polar surface area (TPSA) is 120 Å². The van der Waals surface area contributed by atoms with Crippen LogP contribution < -0.4 is 15.8 Å². The van der Waals surface area contributed by atoms with Crippen LogP contribution in [0.5, 0.6) is 5.75 Å². The molecule has 0 aliphatic rings. The van der Waals surface area contributed by atoms with Crippen LogP contribution in [-0.2, 0) is 25.5 Å². The summed E-state index contributed by atoms with van der Waals surface area (Å²) in [6.07, 6.45) is 0.268. The molecule has 8 nitrogen and oxygen atoms in total. The molecule has 0 bridgehead atoms. The van der Waals surface area contributed by atoms with Crippen molar-refractivity contribution in [2.75, 3.05) is 33.0 Å². The average molecular weight is 396 g/mol. The molecular weight excluding hydrogens is 364 g/mol. The van der Waals surface area contributed by atoms with Gasteiger partial charge in [-0.25, -0.2) is 4.79 Å². The van der Waals surface area contributed by atoms with E-state index in [-0.39, 0.29) is 31.0 Å². The maximum atomic E-state index is 12.0. The fraction of sp³-hybridized carbons (Fsp3) is 0.600. The van der Waals surface area contributed by atoms with Crippen LogP contribution in [0.25, 0.3) is 0 Å². The van der Waals surface area contributed by atoms with Crippen molar-refractivity contribution in [1.82, 2.24) is 5.32 Å². The van der Waals surface area contributed by atoms with Gasteiger partial charge in [0.2, 0.25) is 5.91 Å². The van der Waals surface area contributed by atoms with Crippen molar-refractivity contribution in [3.63, 3.8) is 0 Å². The van der Waals surface area contributed by atoms with Crippen molar-refractivity contribution in [1.29, 1.82) is 0 Å². The van der Waals surface area contributed by atoms with Gasteiger partial charge in [0.15, 0.2) is 0 Å². The Hall–Kier alpha value is -2.16. The molecule has 4 N–H and O–H groups in total. The average Bonchev–Trinajstić information content (AvgIpc) is 2.60. The van der Waals surface area contributed by atoms with Gasteiger partial charge in [-0.15, -0.1) is 0 Å². The summed E-state index contributed by atoms with van der Waals surface area (Å²) >= 11 is 0. The van der Waals surface area contributed by atoms with E-state index in [0.717, 1.165) is 5.56 Å². The van der Waals surface area contributed by atoms with Gasteiger partial charge in [0.05, 0.1) is 26.4 Å². The molecule has 1 amide bonds. The molecule has 1 unspecified atom stereocenters. The molecule has 0 fully saturated rings. The Labute approximate surface area is 166 Å². The lowest BCUT2D eigenvalue weighted by Crippen LogP contribution is -2.42. The molecule has 8 heteroatoms. The highest BCUT2D eigenvalue weighted by molar-refractivity contribution is 5.83. The molecule has 0 saturated carbocycles. The zero-order chi connectivity index (χ0) is 21.0.